The van der Waals surface area contributed by atoms with Crippen LogP contribution in [-0.2, 0) is 9.53 Å². The van der Waals surface area contributed by atoms with Crippen LogP contribution in [0.4, 0.5) is 0 Å². The predicted octanol–water partition coefficient (Wildman–Crippen LogP) is 4.35. The monoisotopic (exact) mass is 406 g/mol. The van der Waals surface area contributed by atoms with Crippen LogP contribution in [0.2, 0.25) is 0 Å². The molecule has 0 aliphatic carbocycles. The number of carbonyl (C=O) groups is 1. The van der Waals surface area contributed by atoms with Crippen molar-refractivity contribution >= 4 is 28.6 Å². The summed E-state index contributed by atoms with van der Waals surface area (Å²) < 4.78 is 16.0. The van der Waals surface area contributed by atoms with E-state index in [4.69, 9.17) is 14.2 Å². The summed E-state index contributed by atoms with van der Waals surface area (Å²) in [6, 6.07) is 7.02. The molecule has 1 rings (SSSR count). The first-order valence-corrected chi connectivity index (χ1v) is 8.30. The fourth-order valence-corrected chi connectivity index (χ4v) is 1.63. The number of carbonyl (C=O) groups excluding carboxylic acids is 1. The molecular formula is C16H23IO4. The highest BCUT2D eigenvalue weighted by Crippen LogP contribution is 2.26. The average molecular weight is 406 g/mol. The first-order chi connectivity index (χ1) is 9.92. The Morgan fingerprint density at radius 1 is 1.19 bits per heavy atom. The van der Waals surface area contributed by atoms with Gasteiger partial charge in [-0.2, -0.15) is 0 Å². The van der Waals surface area contributed by atoms with E-state index in [0.29, 0.717) is 18.1 Å². The van der Waals surface area contributed by atoms with Gasteiger partial charge in [0.25, 0.3) is 0 Å². The van der Waals surface area contributed by atoms with Crippen molar-refractivity contribution in [3.05, 3.63) is 24.3 Å². The van der Waals surface area contributed by atoms with Crippen molar-refractivity contribution < 1.29 is 19.0 Å². The van der Waals surface area contributed by atoms with Crippen LogP contribution in [0, 0.1) is 0 Å². The minimum atomic E-state index is -0.505. The van der Waals surface area contributed by atoms with Gasteiger partial charge in [-0.25, -0.2) is 0 Å². The lowest BCUT2D eigenvalue weighted by Crippen LogP contribution is -2.31. The lowest BCUT2D eigenvalue weighted by Gasteiger charge is -2.19. The molecule has 118 valence electrons. The van der Waals surface area contributed by atoms with Gasteiger partial charge in [0, 0.05) is 13.0 Å². The Balaban J connectivity index is 2.64. The van der Waals surface area contributed by atoms with Gasteiger partial charge in [-0.3, -0.25) is 4.79 Å². The van der Waals surface area contributed by atoms with Crippen molar-refractivity contribution in [3.63, 3.8) is 0 Å². The third-order valence-electron chi connectivity index (χ3n) is 3.08. The number of hydrogen-bond donors (Lipinski definition) is 0. The van der Waals surface area contributed by atoms with E-state index in [9.17, 15) is 4.79 Å². The molecule has 0 heterocycles. The van der Waals surface area contributed by atoms with Gasteiger partial charge in [0.05, 0.1) is 0 Å². The van der Waals surface area contributed by atoms with Gasteiger partial charge >= 0.3 is 5.97 Å². The van der Waals surface area contributed by atoms with Crippen LogP contribution in [-0.4, -0.2) is 22.3 Å². The van der Waals surface area contributed by atoms with Crippen molar-refractivity contribution in [2.75, 3.05) is 6.61 Å². The van der Waals surface area contributed by atoms with Crippen LogP contribution in [0.1, 0.15) is 40.5 Å². The van der Waals surface area contributed by atoms with Gasteiger partial charge in [-0.15, -0.1) is 0 Å². The van der Waals surface area contributed by atoms with E-state index in [1.807, 2.05) is 27.7 Å². The molecule has 0 aliphatic rings. The molecule has 0 aliphatic heterocycles. The largest absolute Gasteiger partial charge is 0.465 e. The van der Waals surface area contributed by atoms with Crippen LogP contribution in [0.3, 0.4) is 0 Å². The summed E-state index contributed by atoms with van der Waals surface area (Å²) >= 11 is 2.11. The SMILES string of the molecule is CCOC(CC)Oc1ccc(OC(=O)C(C)(I)CC)cc1. The molecule has 0 fully saturated rings. The first-order valence-electron chi connectivity index (χ1n) is 7.22. The van der Waals surface area contributed by atoms with Gasteiger partial charge < -0.3 is 14.2 Å². The van der Waals surface area contributed by atoms with Crippen LogP contribution in [0.15, 0.2) is 24.3 Å². The zero-order valence-electron chi connectivity index (χ0n) is 13.0. The molecule has 0 aromatic heterocycles. The lowest BCUT2D eigenvalue weighted by atomic mass is 10.1. The Bertz CT molecular complexity index is 442. The summed E-state index contributed by atoms with van der Waals surface area (Å²) in [5.74, 6) is 0.982. The highest BCUT2D eigenvalue weighted by atomic mass is 127. The smallest absolute Gasteiger partial charge is 0.327 e. The number of hydrogen-bond acceptors (Lipinski definition) is 4. The zero-order valence-corrected chi connectivity index (χ0v) is 15.2. The minimum Gasteiger partial charge on any atom is -0.465 e. The molecule has 0 saturated carbocycles. The molecule has 1 aromatic carbocycles. The van der Waals surface area contributed by atoms with Gasteiger partial charge in [0.15, 0.2) is 6.29 Å². The predicted molar refractivity (Wildman–Crippen MR) is 91.1 cm³/mol. The maximum atomic E-state index is 12.0. The van der Waals surface area contributed by atoms with Gasteiger partial charge in [0.1, 0.15) is 14.9 Å². The molecule has 2 unspecified atom stereocenters. The van der Waals surface area contributed by atoms with Crippen molar-refractivity contribution in [3.8, 4) is 11.5 Å². The highest BCUT2D eigenvalue weighted by molar-refractivity contribution is 14.1. The van der Waals surface area contributed by atoms with E-state index in [0.717, 1.165) is 12.8 Å². The van der Waals surface area contributed by atoms with Crippen LogP contribution in [0.5, 0.6) is 11.5 Å². The molecule has 4 nitrogen and oxygen atoms in total. The lowest BCUT2D eigenvalue weighted by molar-refractivity contribution is -0.136. The van der Waals surface area contributed by atoms with Crippen LogP contribution < -0.4 is 9.47 Å². The van der Waals surface area contributed by atoms with Gasteiger partial charge in [-0.1, -0.05) is 36.4 Å². The maximum absolute atomic E-state index is 12.0. The summed E-state index contributed by atoms with van der Waals surface area (Å²) in [4.78, 5) is 12.0. The molecule has 0 spiro atoms. The third kappa shape index (κ3) is 5.82. The fraction of sp³-hybridized carbons (Fsp3) is 0.562. The summed E-state index contributed by atoms with van der Waals surface area (Å²) in [6.07, 6.45) is 1.25. The molecular weight excluding hydrogens is 383 g/mol. The summed E-state index contributed by atoms with van der Waals surface area (Å²) in [5, 5.41) is 0. The van der Waals surface area contributed by atoms with Crippen LogP contribution >= 0.6 is 22.6 Å². The second-order valence-electron chi connectivity index (χ2n) is 4.82. The van der Waals surface area contributed by atoms with E-state index in [-0.39, 0.29) is 12.3 Å². The van der Waals surface area contributed by atoms with Crippen molar-refractivity contribution in [2.45, 2.75) is 50.2 Å². The van der Waals surface area contributed by atoms with E-state index in [1.165, 1.54) is 0 Å². The standard InChI is InChI=1S/C16H23IO4/c1-5-14(19-7-3)20-12-8-10-13(11-9-12)21-15(18)16(4,17)6-2/h8-11,14H,5-7H2,1-4H3. The van der Waals surface area contributed by atoms with E-state index >= 15 is 0 Å². The Hall–Kier alpha value is -0.820. The third-order valence-corrected chi connectivity index (χ3v) is 4.28. The van der Waals surface area contributed by atoms with E-state index in [1.54, 1.807) is 24.3 Å². The second kappa shape index (κ2) is 8.58. The molecule has 0 amide bonds. The number of rotatable bonds is 8. The zero-order chi connectivity index (χ0) is 15.9. The molecule has 21 heavy (non-hydrogen) atoms. The Morgan fingerprint density at radius 2 is 1.76 bits per heavy atom. The Morgan fingerprint density at radius 3 is 2.24 bits per heavy atom. The average Bonchev–Trinajstić information content (AvgIpc) is 2.48. The first kappa shape index (κ1) is 18.2. The highest BCUT2D eigenvalue weighted by Gasteiger charge is 2.29. The number of halogens is 1. The Kier molecular flexibility index (Phi) is 7.45. The van der Waals surface area contributed by atoms with E-state index < -0.39 is 3.42 Å². The Labute approximate surface area is 140 Å². The molecule has 5 heteroatoms. The molecule has 0 radical (unpaired) electrons. The molecule has 1 aromatic rings. The second-order valence-corrected chi connectivity index (χ2v) is 7.20. The molecule has 0 saturated heterocycles. The molecule has 2 atom stereocenters. The number of ether oxygens (including phenoxy) is 3. The summed E-state index contributed by atoms with van der Waals surface area (Å²) in [5.41, 5.74) is 0. The normalized spacial score (nSPS) is 15.1. The van der Waals surface area contributed by atoms with Crippen molar-refractivity contribution in [1.29, 1.82) is 0 Å². The van der Waals surface area contributed by atoms with Gasteiger partial charge in [0.2, 0.25) is 0 Å². The van der Waals surface area contributed by atoms with Gasteiger partial charge in [-0.05, 0) is 44.5 Å². The van der Waals surface area contributed by atoms with E-state index in [2.05, 4.69) is 22.6 Å². The topological polar surface area (TPSA) is 44.8 Å². The summed E-state index contributed by atoms with van der Waals surface area (Å²) in [7, 11) is 0. The number of esters is 1. The minimum absolute atomic E-state index is 0.236. The fourth-order valence-electron chi connectivity index (χ4n) is 1.52. The summed E-state index contributed by atoms with van der Waals surface area (Å²) in [6.45, 7) is 8.37. The number of benzene rings is 1. The molecule has 0 N–H and O–H groups in total. The van der Waals surface area contributed by atoms with Crippen LogP contribution in [0.25, 0.3) is 0 Å². The number of alkyl halides is 1. The van der Waals surface area contributed by atoms with Crippen molar-refractivity contribution in [2.24, 2.45) is 0 Å². The van der Waals surface area contributed by atoms with Crippen molar-refractivity contribution in [1.82, 2.24) is 0 Å². The maximum Gasteiger partial charge on any atom is 0.327 e. The quantitative estimate of drug-likeness (QED) is 0.212. The molecule has 0 bridgehead atoms.